The Morgan fingerprint density at radius 2 is 2.05 bits per heavy atom. The highest BCUT2D eigenvalue weighted by molar-refractivity contribution is 5.93. The molecule has 0 unspecified atom stereocenters. The number of aryl methyl sites for hydroxylation is 1. The third-order valence-electron chi connectivity index (χ3n) is 2.54. The first-order chi connectivity index (χ1) is 9.56. The van der Waals surface area contributed by atoms with Gasteiger partial charge in [0, 0.05) is 0 Å². The lowest BCUT2D eigenvalue weighted by Gasteiger charge is -2.08. The molecule has 7 heteroatoms. The van der Waals surface area contributed by atoms with E-state index in [1.807, 2.05) is 30.3 Å². The molecule has 0 spiro atoms. The van der Waals surface area contributed by atoms with Gasteiger partial charge in [-0.3, -0.25) is 4.79 Å². The summed E-state index contributed by atoms with van der Waals surface area (Å²) < 4.78 is 5.09. The van der Waals surface area contributed by atoms with E-state index in [1.54, 1.807) is 19.9 Å². The van der Waals surface area contributed by atoms with Crippen molar-refractivity contribution in [2.75, 3.05) is 0 Å². The van der Waals surface area contributed by atoms with Crippen LogP contribution in [0, 0.1) is 6.92 Å². The summed E-state index contributed by atoms with van der Waals surface area (Å²) in [6.45, 7) is 3.31. The van der Waals surface area contributed by atoms with Crippen molar-refractivity contribution in [3.05, 3.63) is 47.6 Å². The molecule has 0 aliphatic carbocycles. The average Bonchev–Trinajstić information content (AvgIpc) is 2.85. The van der Waals surface area contributed by atoms with Crippen LogP contribution in [0.5, 0.6) is 0 Å². The summed E-state index contributed by atoms with van der Waals surface area (Å²) in [5.74, 6) is 0.428. The zero-order valence-electron chi connectivity index (χ0n) is 11.7. The maximum Gasteiger partial charge on any atom is 0.274 e. The van der Waals surface area contributed by atoms with Crippen LogP contribution in [0.3, 0.4) is 0 Å². The number of nitrogens with zero attached hydrogens (tertiary/aromatic N) is 2. The molecule has 1 aromatic carbocycles. The Morgan fingerprint density at radius 1 is 1.38 bits per heavy atom. The molecule has 6 nitrogen and oxygen atoms in total. The highest BCUT2D eigenvalue weighted by atomic mass is 35.5. The van der Waals surface area contributed by atoms with E-state index in [2.05, 4.69) is 15.5 Å². The Labute approximate surface area is 128 Å². The standard InChI is InChI=1S/C14H16N4O2.ClH/c1-9(15)13(19)17-12(14-16-10(2)18-20-14)8-11-6-4-3-5-7-11;/h3-9H,15H2,1-2H3,(H,17,19);1H/t9-;/m1./s1. The van der Waals surface area contributed by atoms with Gasteiger partial charge < -0.3 is 15.6 Å². The van der Waals surface area contributed by atoms with Gasteiger partial charge in [0.15, 0.2) is 5.82 Å². The number of aromatic nitrogens is 2. The van der Waals surface area contributed by atoms with E-state index in [1.165, 1.54) is 0 Å². The van der Waals surface area contributed by atoms with E-state index in [0.717, 1.165) is 5.56 Å². The van der Waals surface area contributed by atoms with Crippen LogP contribution >= 0.6 is 12.4 Å². The van der Waals surface area contributed by atoms with Crippen LogP contribution in [0.1, 0.15) is 24.2 Å². The van der Waals surface area contributed by atoms with Crippen LogP contribution in [0.2, 0.25) is 0 Å². The first-order valence-corrected chi connectivity index (χ1v) is 6.20. The molecule has 1 heterocycles. The average molecular weight is 309 g/mol. The number of nitrogens with two attached hydrogens (primary N) is 1. The molecule has 1 aromatic heterocycles. The minimum atomic E-state index is -0.627. The summed E-state index contributed by atoms with van der Waals surface area (Å²) in [6.07, 6.45) is 1.76. The van der Waals surface area contributed by atoms with Gasteiger partial charge in [-0.15, -0.1) is 12.4 Å². The van der Waals surface area contributed by atoms with Crippen LogP contribution in [0.15, 0.2) is 34.9 Å². The number of hydrogen-bond donors (Lipinski definition) is 2. The van der Waals surface area contributed by atoms with Gasteiger partial charge in [-0.2, -0.15) is 4.98 Å². The van der Waals surface area contributed by atoms with Crippen LogP contribution in [-0.2, 0) is 4.79 Å². The highest BCUT2D eigenvalue weighted by Gasteiger charge is 2.15. The number of hydrogen-bond acceptors (Lipinski definition) is 5. The normalized spacial score (nSPS) is 12.4. The van der Waals surface area contributed by atoms with E-state index in [0.29, 0.717) is 11.5 Å². The van der Waals surface area contributed by atoms with Crippen molar-refractivity contribution in [2.24, 2.45) is 5.73 Å². The maximum absolute atomic E-state index is 11.8. The second kappa shape index (κ2) is 7.56. The molecular weight excluding hydrogens is 292 g/mol. The van der Waals surface area contributed by atoms with E-state index >= 15 is 0 Å². The molecule has 1 atom stereocenters. The van der Waals surface area contributed by atoms with Crippen molar-refractivity contribution in [1.29, 1.82) is 0 Å². The van der Waals surface area contributed by atoms with Crippen molar-refractivity contribution in [3.8, 4) is 0 Å². The molecule has 2 aromatic rings. The first-order valence-electron chi connectivity index (χ1n) is 6.20. The second-order valence-corrected chi connectivity index (χ2v) is 4.39. The Kier molecular flexibility index (Phi) is 6.08. The molecular formula is C14H17ClN4O2. The number of amides is 1. The lowest BCUT2D eigenvalue weighted by molar-refractivity contribution is -0.120. The topological polar surface area (TPSA) is 94.0 Å². The van der Waals surface area contributed by atoms with Crippen molar-refractivity contribution in [3.63, 3.8) is 0 Å². The zero-order chi connectivity index (χ0) is 14.5. The predicted octanol–water partition coefficient (Wildman–Crippen LogP) is 1.76. The van der Waals surface area contributed by atoms with Gasteiger partial charge in [0.25, 0.3) is 5.89 Å². The lowest BCUT2D eigenvalue weighted by atomic mass is 10.2. The van der Waals surface area contributed by atoms with E-state index in [4.69, 9.17) is 10.3 Å². The SMILES string of the molecule is Cc1noc(C(=Cc2ccccc2)NC(=O)[C@@H](C)N)n1.Cl. The van der Waals surface area contributed by atoms with Gasteiger partial charge >= 0.3 is 0 Å². The summed E-state index contributed by atoms with van der Waals surface area (Å²) in [7, 11) is 0. The van der Waals surface area contributed by atoms with Crippen LogP contribution < -0.4 is 11.1 Å². The van der Waals surface area contributed by atoms with E-state index in [9.17, 15) is 4.79 Å². The van der Waals surface area contributed by atoms with Crippen LogP contribution in [0.25, 0.3) is 11.8 Å². The molecule has 21 heavy (non-hydrogen) atoms. The van der Waals surface area contributed by atoms with Crippen LogP contribution in [-0.4, -0.2) is 22.1 Å². The van der Waals surface area contributed by atoms with Crippen LogP contribution in [0.4, 0.5) is 0 Å². The molecule has 1 amide bonds. The monoisotopic (exact) mass is 308 g/mol. The first kappa shape index (κ1) is 16.9. The smallest absolute Gasteiger partial charge is 0.274 e. The van der Waals surface area contributed by atoms with Gasteiger partial charge in [-0.1, -0.05) is 35.5 Å². The largest absolute Gasteiger partial charge is 0.332 e. The van der Waals surface area contributed by atoms with Gasteiger partial charge in [0.05, 0.1) is 6.04 Å². The van der Waals surface area contributed by atoms with Gasteiger partial charge in [-0.25, -0.2) is 0 Å². The quantitative estimate of drug-likeness (QED) is 0.897. The number of carbonyl (C=O) groups is 1. The summed E-state index contributed by atoms with van der Waals surface area (Å²) in [5, 5.41) is 6.42. The molecule has 0 saturated heterocycles. The molecule has 0 bridgehead atoms. The Balaban J connectivity index is 0.00000220. The number of halogens is 1. The van der Waals surface area contributed by atoms with Crippen molar-refractivity contribution < 1.29 is 9.32 Å². The molecule has 0 fully saturated rings. The Bertz CT molecular complexity index is 623. The highest BCUT2D eigenvalue weighted by Crippen LogP contribution is 2.14. The van der Waals surface area contributed by atoms with Crippen molar-refractivity contribution >= 4 is 30.1 Å². The van der Waals surface area contributed by atoms with Gasteiger partial charge in [-0.05, 0) is 25.5 Å². The molecule has 2 rings (SSSR count). The molecule has 0 aliphatic heterocycles. The molecule has 0 saturated carbocycles. The minimum Gasteiger partial charge on any atom is -0.332 e. The molecule has 112 valence electrons. The molecule has 0 radical (unpaired) electrons. The zero-order valence-corrected chi connectivity index (χ0v) is 12.6. The third kappa shape index (κ3) is 4.70. The summed E-state index contributed by atoms with van der Waals surface area (Å²) in [5.41, 5.74) is 6.89. The van der Waals surface area contributed by atoms with Gasteiger partial charge in [0.2, 0.25) is 5.91 Å². The maximum atomic E-state index is 11.8. The molecule has 0 aliphatic rings. The third-order valence-corrected chi connectivity index (χ3v) is 2.54. The second-order valence-electron chi connectivity index (χ2n) is 4.39. The summed E-state index contributed by atoms with van der Waals surface area (Å²) in [6, 6.07) is 8.89. The predicted molar refractivity (Wildman–Crippen MR) is 82.4 cm³/mol. The van der Waals surface area contributed by atoms with E-state index < -0.39 is 6.04 Å². The summed E-state index contributed by atoms with van der Waals surface area (Å²) >= 11 is 0. The number of nitrogens with one attached hydrogen (secondary N) is 1. The van der Waals surface area contributed by atoms with Gasteiger partial charge in [0.1, 0.15) is 5.70 Å². The Hall–Kier alpha value is -2.18. The lowest BCUT2D eigenvalue weighted by Crippen LogP contribution is -2.37. The fourth-order valence-electron chi connectivity index (χ4n) is 1.52. The number of rotatable bonds is 4. The van der Waals surface area contributed by atoms with E-state index in [-0.39, 0.29) is 24.2 Å². The fourth-order valence-corrected chi connectivity index (χ4v) is 1.52. The number of benzene rings is 1. The van der Waals surface area contributed by atoms with Crippen molar-refractivity contribution in [1.82, 2.24) is 15.5 Å². The molecule has 3 N–H and O–H groups in total. The summed E-state index contributed by atoms with van der Waals surface area (Å²) in [4.78, 5) is 15.9. The fraction of sp³-hybridized carbons (Fsp3) is 0.214. The van der Waals surface area contributed by atoms with Crippen molar-refractivity contribution in [2.45, 2.75) is 19.9 Å². The minimum absolute atomic E-state index is 0. The number of carbonyl (C=O) groups excluding carboxylic acids is 1. The Morgan fingerprint density at radius 3 is 2.57 bits per heavy atom.